The van der Waals surface area contributed by atoms with Gasteiger partial charge in [-0.15, -0.1) is 0 Å². The van der Waals surface area contributed by atoms with Gasteiger partial charge in [0.2, 0.25) is 0 Å². The molecule has 0 saturated carbocycles. The fourth-order valence-electron chi connectivity index (χ4n) is 3.87. The number of non-ortho nitro benzene ring substituents is 1. The Morgan fingerprint density at radius 3 is 2.24 bits per heavy atom. The molecule has 1 heterocycles. The van der Waals surface area contributed by atoms with E-state index in [-0.39, 0.29) is 27.7 Å². The molecule has 1 aliphatic heterocycles. The minimum atomic E-state index is -0.674. The average Bonchev–Trinajstić information content (AvgIpc) is 3.12. The Balaban J connectivity index is 1.31. The van der Waals surface area contributed by atoms with Crippen molar-refractivity contribution in [1.82, 2.24) is 0 Å². The number of carbonyl (C=O) groups excluding carboxylic acids is 3. The van der Waals surface area contributed by atoms with Gasteiger partial charge >= 0.3 is 5.97 Å². The standard InChI is InChI=1S/C27H16ClN3O6/c28-23-24(26(33)30(25(23)32)22-7-3-5-16-4-1-2-6-21(16)22)29-18-10-8-17(9-11-18)27(34)37-20-14-12-19(13-15-20)31(35)36/h1-15,29H. The van der Waals surface area contributed by atoms with Gasteiger partial charge in [-0.2, -0.15) is 0 Å². The highest BCUT2D eigenvalue weighted by molar-refractivity contribution is 6.53. The summed E-state index contributed by atoms with van der Waals surface area (Å²) in [4.78, 5) is 49.8. The monoisotopic (exact) mass is 513 g/mol. The first-order valence-electron chi connectivity index (χ1n) is 10.9. The van der Waals surface area contributed by atoms with E-state index in [0.717, 1.165) is 15.7 Å². The molecule has 0 spiro atoms. The Hall–Kier alpha value is -5.02. The second-order valence-electron chi connectivity index (χ2n) is 7.98. The van der Waals surface area contributed by atoms with E-state index in [4.69, 9.17) is 16.3 Å². The maximum atomic E-state index is 13.2. The van der Waals surface area contributed by atoms with Crippen LogP contribution in [-0.4, -0.2) is 22.7 Å². The molecule has 0 aromatic heterocycles. The zero-order valence-electron chi connectivity index (χ0n) is 18.9. The summed E-state index contributed by atoms with van der Waals surface area (Å²) < 4.78 is 5.24. The predicted octanol–water partition coefficient (Wildman–Crippen LogP) is 5.40. The number of halogens is 1. The van der Waals surface area contributed by atoms with Crippen LogP contribution < -0.4 is 15.0 Å². The average molecular weight is 514 g/mol. The number of imide groups is 1. The number of nitro groups is 1. The van der Waals surface area contributed by atoms with Crippen molar-refractivity contribution in [1.29, 1.82) is 0 Å². The van der Waals surface area contributed by atoms with Crippen LogP contribution >= 0.6 is 11.6 Å². The molecule has 0 aliphatic carbocycles. The maximum Gasteiger partial charge on any atom is 0.343 e. The fourth-order valence-corrected chi connectivity index (χ4v) is 4.08. The van der Waals surface area contributed by atoms with Crippen LogP contribution in [0.2, 0.25) is 0 Å². The van der Waals surface area contributed by atoms with E-state index in [1.54, 1.807) is 12.1 Å². The normalized spacial score (nSPS) is 13.3. The molecule has 0 radical (unpaired) electrons. The molecule has 1 N–H and O–H groups in total. The summed E-state index contributed by atoms with van der Waals surface area (Å²) in [5, 5.41) is 15.0. The van der Waals surface area contributed by atoms with Crippen molar-refractivity contribution >= 4 is 57.2 Å². The van der Waals surface area contributed by atoms with Crippen LogP contribution in [0.1, 0.15) is 10.4 Å². The zero-order valence-corrected chi connectivity index (χ0v) is 19.6. The Kier molecular flexibility index (Phi) is 6.12. The molecule has 0 fully saturated rings. The molecule has 9 nitrogen and oxygen atoms in total. The maximum absolute atomic E-state index is 13.2. The minimum Gasteiger partial charge on any atom is -0.423 e. The van der Waals surface area contributed by atoms with E-state index in [2.05, 4.69) is 5.32 Å². The summed E-state index contributed by atoms with van der Waals surface area (Å²) in [6, 6.07) is 23.8. The Bertz CT molecular complexity index is 1610. The van der Waals surface area contributed by atoms with Crippen molar-refractivity contribution in [2.24, 2.45) is 0 Å². The minimum absolute atomic E-state index is 0.0826. The van der Waals surface area contributed by atoms with E-state index in [0.29, 0.717) is 11.4 Å². The first-order chi connectivity index (χ1) is 17.8. The SMILES string of the molecule is O=C(Oc1ccc([N+](=O)[O-])cc1)c1ccc(NC2=C(Cl)C(=O)N(c3cccc4ccccc34)C2=O)cc1. The molecule has 0 saturated heterocycles. The lowest BCUT2D eigenvalue weighted by atomic mass is 10.1. The Labute approximate surface area is 214 Å². The third-order valence-electron chi connectivity index (χ3n) is 5.68. The molecule has 2 amide bonds. The number of carbonyl (C=O) groups is 3. The molecule has 0 unspecified atom stereocenters. The molecule has 182 valence electrons. The lowest BCUT2D eigenvalue weighted by molar-refractivity contribution is -0.384. The molecule has 0 atom stereocenters. The molecule has 10 heteroatoms. The second kappa shape index (κ2) is 9.56. The van der Waals surface area contributed by atoms with Gasteiger partial charge in [-0.05, 0) is 47.9 Å². The number of amides is 2. The highest BCUT2D eigenvalue weighted by Gasteiger charge is 2.39. The van der Waals surface area contributed by atoms with E-state index in [1.165, 1.54) is 48.5 Å². The van der Waals surface area contributed by atoms with E-state index < -0.39 is 22.7 Å². The van der Waals surface area contributed by atoms with Crippen LogP contribution in [0.3, 0.4) is 0 Å². The van der Waals surface area contributed by atoms with Gasteiger partial charge < -0.3 is 10.1 Å². The summed E-state index contributed by atoms with van der Waals surface area (Å²) >= 11 is 6.26. The number of benzene rings is 4. The number of nitrogens with one attached hydrogen (secondary N) is 1. The van der Waals surface area contributed by atoms with Crippen molar-refractivity contribution in [3.8, 4) is 5.75 Å². The van der Waals surface area contributed by atoms with Crippen LogP contribution in [0, 0.1) is 10.1 Å². The molecular weight excluding hydrogens is 498 g/mol. The van der Waals surface area contributed by atoms with Gasteiger partial charge in [0, 0.05) is 23.2 Å². The van der Waals surface area contributed by atoms with Crippen LogP contribution in [0.25, 0.3) is 10.8 Å². The summed E-state index contributed by atoms with van der Waals surface area (Å²) in [5.74, 6) is -1.77. The summed E-state index contributed by atoms with van der Waals surface area (Å²) in [6.45, 7) is 0. The number of ether oxygens (including phenoxy) is 1. The lowest BCUT2D eigenvalue weighted by Crippen LogP contribution is -2.32. The first-order valence-corrected chi connectivity index (χ1v) is 11.3. The molecule has 0 bridgehead atoms. The van der Waals surface area contributed by atoms with Gasteiger partial charge in [-0.1, -0.05) is 48.0 Å². The second-order valence-corrected chi connectivity index (χ2v) is 8.35. The zero-order chi connectivity index (χ0) is 26.1. The number of nitro benzene ring substituents is 1. The van der Waals surface area contributed by atoms with Gasteiger partial charge in [0.1, 0.15) is 16.5 Å². The molecule has 4 aromatic rings. The van der Waals surface area contributed by atoms with Crippen molar-refractivity contribution in [3.05, 3.63) is 117 Å². The van der Waals surface area contributed by atoms with Crippen LogP contribution in [-0.2, 0) is 9.59 Å². The summed E-state index contributed by atoms with van der Waals surface area (Å²) in [5.41, 5.74) is 0.839. The third-order valence-corrected chi connectivity index (χ3v) is 6.03. The fraction of sp³-hybridized carbons (Fsp3) is 0. The topological polar surface area (TPSA) is 119 Å². The Morgan fingerprint density at radius 2 is 1.54 bits per heavy atom. The smallest absolute Gasteiger partial charge is 0.343 e. The van der Waals surface area contributed by atoms with E-state index in [1.807, 2.05) is 30.3 Å². The van der Waals surface area contributed by atoms with Crippen LogP contribution in [0.4, 0.5) is 17.1 Å². The molecular formula is C27H16ClN3O6. The van der Waals surface area contributed by atoms with Crippen molar-refractivity contribution < 1.29 is 24.0 Å². The number of anilines is 2. The van der Waals surface area contributed by atoms with Crippen molar-refractivity contribution in [2.45, 2.75) is 0 Å². The number of rotatable bonds is 6. The van der Waals surface area contributed by atoms with Crippen molar-refractivity contribution in [2.75, 3.05) is 10.2 Å². The summed E-state index contributed by atoms with van der Waals surface area (Å²) in [7, 11) is 0. The Morgan fingerprint density at radius 1 is 0.865 bits per heavy atom. The number of nitrogens with zero attached hydrogens (tertiary/aromatic N) is 2. The number of hydrogen-bond donors (Lipinski definition) is 1. The van der Waals surface area contributed by atoms with Gasteiger partial charge in [-0.3, -0.25) is 19.7 Å². The number of hydrogen-bond acceptors (Lipinski definition) is 7. The highest BCUT2D eigenvalue weighted by Crippen LogP contribution is 2.34. The summed E-state index contributed by atoms with van der Waals surface area (Å²) in [6.07, 6.45) is 0. The third kappa shape index (κ3) is 4.51. The number of fused-ring (bicyclic) bond motifs is 1. The number of esters is 1. The molecule has 5 rings (SSSR count). The van der Waals surface area contributed by atoms with Gasteiger partial charge in [-0.25, -0.2) is 9.69 Å². The van der Waals surface area contributed by atoms with Gasteiger partial charge in [0.25, 0.3) is 17.5 Å². The van der Waals surface area contributed by atoms with Crippen molar-refractivity contribution in [3.63, 3.8) is 0 Å². The van der Waals surface area contributed by atoms with Gasteiger partial charge in [0.15, 0.2) is 0 Å². The lowest BCUT2D eigenvalue weighted by Gasteiger charge is -2.17. The van der Waals surface area contributed by atoms with E-state index >= 15 is 0 Å². The highest BCUT2D eigenvalue weighted by atomic mass is 35.5. The molecule has 37 heavy (non-hydrogen) atoms. The van der Waals surface area contributed by atoms with E-state index in [9.17, 15) is 24.5 Å². The van der Waals surface area contributed by atoms with Crippen LogP contribution in [0.5, 0.6) is 5.75 Å². The molecule has 1 aliphatic rings. The quantitative estimate of drug-likeness (QED) is 0.120. The largest absolute Gasteiger partial charge is 0.423 e. The molecule has 4 aromatic carbocycles. The first kappa shape index (κ1) is 23.7. The predicted molar refractivity (Wildman–Crippen MR) is 137 cm³/mol. The van der Waals surface area contributed by atoms with Gasteiger partial charge in [0.05, 0.1) is 16.2 Å². The van der Waals surface area contributed by atoms with Crippen LogP contribution in [0.15, 0.2) is 102 Å².